The zero-order valence-corrected chi connectivity index (χ0v) is 12.0. The molecule has 0 bridgehead atoms. The van der Waals surface area contributed by atoms with Crippen molar-refractivity contribution < 1.29 is 9.42 Å². The van der Waals surface area contributed by atoms with E-state index in [1.54, 1.807) is 12.1 Å². The van der Waals surface area contributed by atoms with Crippen LogP contribution in [0.3, 0.4) is 0 Å². The van der Waals surface area contributed by atoms with Gasteiger partial charge in [-0.3, -0.25) is 0 Å². The van der Waals surface area contributed by atoms with Gasteiger partial charge in [-0.2, -0.15) is 0 Å². The van der Waals surface area contributed by atoms with Gasteiger partial charge in [0.1, 0.15) is 5.75 Å². The first-order valence-corrected chi connectivity index (χ1v) is 8.88. The summed E-state index contributed by atoms with van der Waals surface area (Å²) in [5.74, 6) is 0.574. The summed E-state index contributed by atoms with van der Waals surface area (Å²) in [6.07, 6.45) is 5.00. The second-order valence-electron chi connectivity index (χ2n) is 3.46. The predicted molar refractivity (Wildman–Crippen MR) is 80.4 cm³/mol. The summed E-state index contributed by atoms with van der Waals surface area (Å²) in [5.41, 5.74) is -0.946. The van der Waals surface area contributed by atoms with Crippen LogP contribution in [0.2, 0.25) is 0 Å². The van der Waals surface area contributed by atoms with Crippen molar-refractivity contribution in [2.45, 2.75) is 12.8 Å². The molecule has 0 saturated carbocycles. The van der Waals surface area contributed by atoms with Crippen LogP contribution in [0, 0.1) is 0 Å². The lowest BCUT2D eigenvalue weighted by Crippen LogP contribution is -1.97. The van der Waals surface area contributed by atoms with Crippen LogP contribution in [0.5, 0.6) is 5.75 Å². The van der Waals surface area contributed by atoms with Crippen molar-refractivity contribution in [2.24, 2.45) is 0 Å². The maximum atomic E-state index is 9.51. The molecule has 1 atom stereocenters. The normalized spacial score (nSPS) is 13.8. The first kappa shape index (κ1) is 14.5. The SMILES string of the molecule is C=CCc1cccc(OP(O)(=S)S)c1CC=C. The number of thiol groups is 1. The monoisotopic (exact) mass is 286 g/mol. The Balaban J connectivity index is 3.18. The van der Waals surface area contributed by atoms with Crippen LogP contribution in [0.1, 0.15) is 11.1 Å². The molecule has 1 N–H and O–H groups in total. The van der Waals surface area contributed by atoms with E-state index in [1.165, 1.54) is 0 Å². The smallest absolute Gasteiger partial charge is 0.291 e. The summed E-state index contributed by atoms with van der Waals surface area (Å²) in [4.78, 5) is 9.51. The average molecular weight is 286 g/mol. The highest BCUT2D eigenvalue weighted by molar-refractivity contribution is 8.59. The van der Waals surface area contributed by atoms with Crippen LogP contribution in [0.15, 0.2) is 43.5 Å². The van der Waals surface area contributed by atoms with E-state index in [0.717, 1.165) is 17.5 Å². The maximum Gasteiger partial charge on any atom is 0.291 e. The summed E-state index contributed by atoms with van der Waals surface area (Å²) in [7, 11) is 0. The Kier molecular flexibility index (Phi) is 5.47. The molecular weight excluding hydrogens is 271 g/mol. The fourth-order valence-corrected chi connectivity index (χ4v) is 2.48. The van der Waals surface area contributed by atoms with Gasteiger partial charge < -0.3 is 9.42 Å². The van der Waals surface area contributed by atoms with E-state index in [2.05, 4.69) is 25.4 Å². The van der Waals surface area contributed by atoms with E-state index >= 15 is 0 Å². The van der Waals surface area contributed by atoms with Crippen molar-refractivity contribution in [1.82, 2.24) is 0 Å². The van der Waals surface area contributed by atoms with Crippen molar-refractivity contribution in [3.05, 3.63) is 54.6 Å². The Labute approximate surface area is 112 Å². The number of allylic oxidation sites excluding steroid dienone is 2. The Morgan fingerprint density at radius 3 is 2.53 bits per heavy atom. The molecule has 92 valence electrons. The van der Waals surface area contributed by atoms with E-state index in [1.807, 2.05) is 18.2 Å². The molecule has 0 radical (unpaired) electrons. The summed E-state index contributed by atoms with van der Waals surface area (Å²) < 4.78 is 5.34. The molecule has 0 saturated heterocycles. The molecule has 1 aromatic rings. The van der Waals surface area contributed by atoms with Crippen LogP contribution in [0.25, 0.3) is 0 Å². The first-order chi connectivity index (χ1) is 7.98. The average Bonchev–Trinajstić information content (AvgIpc) is 2.21. The van der Waals surface area contributed by atoms with Crippen LogP contribution in [0.4, 0.5) is 0 Å². The molecule has 1 aromatic carbocycles. The highest BCUT2D eigenvalue weighted by atomic mass is 32.9. The van der Waals surface area contributed by atoms with Crippen LogP contribution in [-0.4, -0.2) is 4.89 Å². The van der Waals surface area contributed by atoms with Gasteiger partial charge >= 0.3 is 0 Å². The van der Waals surface area contributed by atoms with Crippen molar-refractivity contribution in [2.75, 3.05) is 0 Å². The summed E-state index contributed by atoms with van der Waals surface area (Å²) in [6, 6.07) is 5.63. The maximum absolute atomic E-state index is 9.51. The summed E-state index contributed by atoms with van der Waals surface area (Å²) >= 11 is 8.66. The van der Waals surface area contributed by atoms with E-state index < -0.39 is 5.69 Å². The van der Waals surface area contributed by atoms with Gasteiger partial charge in [-0.25, -0.2) is 0 Å². The molecule has 0 aliphatic rings. The van der Waals surface area contributed by atoms with Gasteiger partial charge in [0.15, 0.2) is 0 Å². The summed E-state index contributed by atoms with van der Waals surface area (Å²) in [6.45, 7) is 7.43. The molecular formula is C12H15O2PS2. The topological polar surface area (TPSA) is 29.5 Å². The Morgan fingerprint density at radius 1 is 1.35 bits per heavy atom. The summed E-state index contributed by atoms with van der Waals surface area (Å²) in [5, 5.41) is 0. The quantitative estimate of drug-likeness (QED) is 0.475. The van der Waals surface area contributed by atoms with Crippen molar-refractivity contribution in [3.63, 3.8) is 0 Å². The first-order valence-electron chi connectivity index (χ1n) is 5.05. The second kappa shape index (κ2) is 6.41. The van der Waals surface area contributed by atoms with Gasteiger partial charge in [0.25, 0.3) is 5.69 Å². The van der Waals surface area contributed by atoms with Gasteiger partial charge in [0.05, 0.1) is 0 Å². The van der Waals surface area contributed by atoms with Gasteiger partial charge in [-0.1, -0.05) is 36.5 Å². The Morgan fingerprint density at radius 2 is 2.00 bits per heavy atom. The molecule has 0 amide bonds. The number of rotatable bonds is 6. The fourth-order valence-electron chi connectivity index (χ4n) is 1.55. The van der Waals surface area contributed by atoms with E-state index in [9.17, 15) is 4.89 Å². The van der Waals surface area contributed by atoms with E-state index in [4.69, 9.17) is 16.3 Å². The zero-order valence-electron chi connectivity index (χ0n) is 9.37. The fraction of sp³-hybridized carbons (Fsp3) is 0.167. The molecule has 0 aromatic heterocycles. The minimum atomic E-state index is -3.01. The molecule has 1 rings (SSSR count). The minimum absolute atomic E-state index is 0.574. The van der Waals surface area contributed by atoms with Gasteiger partial charge in [-0.15, -0.1) is 13.2 Å². The lowest BCUT2D eigenvalue weighted by Gasteiger charge is -2.16. The third-order valence-electron chi connectivity index (χ3n) is 2.16. The largest absolute Gasteiger partial charge is 0.436 e. The van der Waals surface area contributed by atoms with Gasteiger partial charge in [-0.05, 0) is 36.3 Å². The van der Waals surface area contributed by atoms with Gasteiger partial charge in [0.2, 0.25) is 0 Å². The Bertz CT molecular complexity index is 466. The third kappa shape index (κ3) is 4.68. The molecule has 0 fully saturated rings. The van der Waals surface area contributed by atoms with Crippen LogP contribution in [-0.2, 0) is 24.6 Å². The number of hydrogen-bond acceptors (Lipinski definition) is 2. The number of benzene rings is 1. The van der Waals surface area contributed by atoms with Crippen molar-refractivity contribution >= 4 is 29.7 Å². The van der Waals surface area contributed by atoms with Crippen LogP contribution >= 0.6 is 17.9 Å². The molecule has 0 spiro atoms. The molecule has 17 heavy (non-hydrogen) atoms. The standard InChI is InChI=1S/C12H15O2PS2/c1-3-6-10-8-5-9-12(11(10)7-4-2)14-15(13,16)17/h3-5,8-9H,1-2,6-7H2,(H2,13,16,17). The Hall–Kier alpha value is -0.540. The van der Waals surface area contributed by atoms with Crippen molar-refractivity contribution in [1.29, 1.82) is 0 Å². The second-order valence-corrected chi connectivity index (χ2v) is 8.55. The highest BCUT2D eigenvalue weighted by Crippen LogP contribution is 2.48. The lowest BCUT2D eigenvalue weighted by molar-refractivity contribution is 0.501. The molecule has 1 unspecified atom stereocenters. The molecule has 0 heterocycles. The highest BCUT2D eigenvalue weighted by Gasteiger charge is 2.13. The predicted octanol–water partition coefficient (Wildman–Crippen LogP) is 3.67. The van der Waals surface area contributed by atoms with Gasteiger partial charge in [0, 0.05) is 5.56 Å². The molecule has 0 aliphatic carbocycles. The minimum Gasteiger partial charge on any atom is -0.436 e. The molecule has 2 nitrogen and oxygen atoms in total. The molecule has 0 aliphatic heterocycles. The molecule has 5 heteroatoms. The third-order valence-corrected chi connectivity index (χ3v) is 3.06. The lowest BCUT2D eigenvalue weighted by atomic mass is 10.0. The number of hydrogen-bond donors (Lipinski definition) is 2. The van der Waals surface area contributed by atoms with E-state index in [0.29, 0.717) is 12.2 Å². The zero-order chi connectivity index (χ0) is 12.9. The van der Waals surface area contributed by atoms with Crippen LogP contribution < -0.4 is 4.52 Å². The van der Waals surface area contributed by atoms with E-state index in [-0.39, 0.29) is 0 Å². The van der Waals surface area contributed by atoms with Crippen molar-refractivity contribution in [3.8, 4) is 5.75 Å².